The fourth-order valence-electron chi connectivity index (χ4n) is 13.7. The second-order valence-electron chi connectivity index (χ2n) is 31.2. The third-order valence-corrected chi connectivity index (χ3v) is 23.4. The average molecular weight is 1760 g/mol. The van der Waals surface area contributed by atoms with Crippen molar-refractivity contribution >= 4 is 109 Å². The second kappa shape index (κ2) is 52.0. The minimum atomic E-state index is -1.98. The molecule has 0 unspecified atom stereocenters. The number of aromatic amines is 1. The van der Waals surface area contributed by atoms with E-state index < -0.39 is 180 Å². The van der Waals surface area contributed by atoms with Gasteiger partial charge in [0, 0.05) is 80.3 Å². The number of para-hydroxylation sites is 1. The standard InChI is InChI=1S/C87H122N18O17S2/c1-51(2)92-46-58-36-34-57(35-37-58)44-68-81(115)103-73(52(3)107)85(119)101-69(43-56-27-13-8-14-28-56)82(116)104-74(53(4)108)86(120)105(5)72(48-106)84(118)102-71(83(117)95-64(32-18-21-39-89)76(110)96-65(87(121)122)33-19-22-40-90)50-124-123-49-61(91)75(109)94-63(31-17-20-38-88)77(111)97-66(41-54-23-9-6-10-24-54)78(112)98-67(42-55-25-11-7-12-26-55)79(113)100-70(80(114)99-68)45-59-47-93-62-30-16-15-29-60(59)62/h6-16,23-30,34-37,47,51-53,61,63-74,92-93,106-108H,17-22,31-33,38-46,48-50,88-91H2,1-5H3,(H,94,109)(H,95,117)(H,96,110)(H,97,111)(H,98,112)(H,99,114)(H,100,113)(H,101,119)(H,102,118)(H,103,115)(H,104,116)(H,121,122)/t52-,53-,61+,63+,64+,65+,66+,67+,68+,69+,70-,71+,72+,73-,74+/m1/s1. The molecular formula is C87H122N18O17S2. The third-order valence-electron chi connectivity index (χ3n) is 20.9. The van der Waals surface area contributed by atoms with Gasteiger partial charge in [-0.3, -0.25) is 57.5 Å². The van der Waals surface area contributed by atoms with Crippen molar-refractivity contribution in [2.45, 2.75) is 221 Å². The zero-order valence-corrected chi connectivity index (χ0v) is 72.2. The number of likely N-dealkylation sites (N-methyl/N-ethyl adjacent to an activating group) is 1. The number of H-pyrrole nitrogens is 1. The number of aromatic nitrogens is 1. The average Bonchev–Trinajstić information content (AvgIpc) is 1.84. The lowest BCUT2D eigenvalue weighted by atomic mass is 9.99. The van der Waals surface area contributed by atoms with Crippen LogP contribution in [0.4, 0.5) is 0 Å². The summed E-state index contributed by atoms with van der Waals surface area (Å²) >= 11 is 0. The number of carboxylic acids is 1. The maximum absolute atomic E-state index is 15.7. The molecule has 15 atom stereocenters. The van der Waals surface area contributed by atoms with Crippen LogP contribution in [0, 0.1) is 0 Å². The van der Waals surface area contributed by atoms with Crippen molar-refractivity contribution in [3.05, 3.63) is 179 Å². The first-order valence-corrected chi connectivity index (χ1v) is 44.3. The van der Waals surface area contributed by atoms with Crippen LogP contribution < -0.4 is 86.7 Å². The van der Waals surface area contributed by atoms with Gasteiger partial charge >= 0.3 is 5.97 Å². The summed E-state index contributed by atoms with van der Waals surface area (Å²) in [5.74, 6) is -14.0. The molecule has 35 nitrogen and oxygen atoms in total. The Kier molecular flexibility index (Phi) is 42.1. The summed E-state index contributed by atoms with van der Waals surface area (Å²) in [6.45, 7) is 6.23. The molecule has 1 aliphatic heterocycles. The Labute approximate surface area is 729 Å². The van der Waals surface area contributed by atoms with Crippen LogP contribution in [0.2, 0.25) is 0 Å². The summed E-state index contributed by atoms with van der Waals surface area (Å²) in [5.41, 5.74) is 28.1. The van der Waals surface area contributed by atoms with Crippen LogP contribution in [0.1, 0.15) is 119 Å². The molecule has 7 rings (SSSR count). The van der Waals surface area contributed by atoms with Crippen LogP contribution in [0.3, 0.4) is 0 Å². The third kappa shape index (κ3) is 32.3. The molecule has 25 N–H and O–H groups in total. The zero-order valence-electron chi connectivity index (χ0n) is 70.6. The number of unbranched alkanes of at least 4 members (excludes halogenated alkanes) is 3. The molecule has 124 heavy (non-hydrogen) atoms. The second-order valence-corrected chi connectivity index (χ2v) is 33.8. The number of nitrogens with one attached hydrogen (secondary N) is 13. The highest BCUT2D eigenvalue weighted by Crippen LogP contribution is 2.25. The zero-order chi connectivity index (χ0) is 90.4. The molecule has 0 bridgehead atoms. The van der Waals surface area contributed by atoms with Gasteiger partial charge in [0.2, 0.25) is 70.9 Å². The fraction of sp³-hybridized carbons (Fsp3) is 0.483. The van der Waals surface area contributed by atoms with E-state index >= 15 is 28.8 Å². The number of benzene rings is 5. The maximum Gasteiger partial charge on any atom is 0.326 e. The number of carboxylic acid groups (broad SMARTS) is 1. The molecule has 6 aromatic rings. The van der Waals surface area contributed by atoms with Gasteiger partial charge in [0.25, 0.3) is 0 Å². The van der Waals surface area contributed by atoms with Crippen molar-refractivity contribution < 1.29 is 82.8 Å². The lowest BCUT2D eigenvalue weighted by Crippen LogP contribution is -2.64. The number of rotatable bonds is 33. The Morgan fingerprint density at radius 1 is 0.468 bits per heavy atom. The largest absolute Gasteiger partial charge is 0.480 e. The summed E-state index contributed by atoms with van der Waals surface area (Å²) in [7, 11) is 2.88. The number of amides is 12. The van der Waals surface area contributed by atoms with Crippen molar-refractivity contribution in [2.75, 3.05) is 44.8 Å². The number of hydrogen-bond donors (Lipinski definition) is 21. The highest BCUT2D eigenvalue weighted by molar-refractivity contribution is 8.76. The van der Waals surface area contributed by atoms with Crippen molar-refractivity contribution in [2.24, 2.45) is 22.9 Å². The Bertz CT molecular complexity index is 4460. The molecule has 12 amide bonds. The van der Waals surface area contributed by atoms with E-state index in [4.69, 9.17) is 22.9 Å². The van der Waals surface area contributed by atoms with Gasteiger partial charge in [-0.25, -0.2) is 4.79 Å². The molecule has 1 saturated heterocycles. The number of aliphatic hydroxyl groups excluding tert-OH is 3. The molecule has 1 aliphatic rings. The number of aliphatic hydroxyl groups is 3. The van der Waals surface area contributed by atoms with E-state index in [-0.39, 0.29) is 89.2 Å². The van der Waals surface area contributed by atoms with E-state index in [1.807, 2.05) is 32.0 Å². The predicted octanol–water partition coefficient (Wildman–Crippen LogP) is -0.713. The first kappa shape index (κ1) is 100. The van der Waals surface area contributed by atoms with E-state index in [9.17, 15) is 54.0 Å². The van der Waals surface area contributed by atoms with Gasteiger partial charge in [-0.2, -0.15) is 0 Å². The lowest BCUT2D eigenvalue weighted by Gasteiger charge is -2.33. The van der Waals surface area contributed by atoms with Crippen molar-refractivity contribution in [1.82, 2.24) is 73.7 Å². The molecule has 1 fully saturated rings. The topological polar surface area (TPSA) is 570 Å². The summed E-state index contributed by atoms with van der Waals surface area (Å²) in [6.07, 6.45) is -1.12. The number of carbonyl (C=O) groups is 13. The highest BCUT2D eigenvalue weighted by atomic mass is 33.1. The number of nitrogens with two attached hydrogens (primary N) is 4. The molecule has 2 heterocycles. The predicted molar refractivity (Wildman–Crippen MR) is 472 cm³/mol. The quantitative estimate of drug-likeness (QED) is 0.0179. The van der Waals surface area contributed by atoms with E-state index in [2.05, 4.69) is 68.8 Å². The number of nitrogens with zero attached hydrogens (tertiary/aromatic N) is 1. The minimum Gasteiger partial charge on any atom is -0.480 e. The fourth-order valence-corrected chi connectivity index (χ4v) is 16.0. The molecule has 0 saturated carbocycles. The van der Waals surface area contributed by atoms with Gasteiger partial charge in [-0.1, -0.05) is 169 Å². The first-order valence-electron chi connectivity index (χ1n) is 41.8. The Morgan fingerprint density at radius 2 is 0.887 bits per heavy atom. The molecule has 0 spiro atoms. The van der Waals surface area contributed by atoms with Crippen molar-refractivity contribution in [1.29, 1.82) is 0 Å². The molecule has 1 aromatic heterocycles. The van der Waals surface area contributed by atoms with Crippen molar-refractivity contribution in [3.63, 3.8) is 0 Å². The summed E-state index contributed by atoms with van der Waals surface area (Å²) in [5, 5.41) is 77.7. The van der Waals surface area contributed by atoms with Crippen LogP contribution >= 0.6 is 21.6 Å². The van der Waals surface area contributed by atoms with Crippen LogP contribution in [-0.4, -0.2) is 249 Å². The minimum absolute atomic E-state index is 0.0120. The molecule has 0 radical (unpaired) electrons. The first-order chi connectivity index (χ1) is 59.4. The van der Waals surface area contributed by atoms with Gasteiger partial charge in [-0.15, -0.1) is 0 Å². The number of aliphatic carboxylic acids is 1. The van der Waals surface area contributed by atoms with Gasteiger partial charge in [-0.05, 0) is 131 Å². The van der Waals surface area contributed by atoms with Gasteiger partial charge < -0.3 is 117 Å². The maximum atomic E-state index is 15.7. The molecular weight excluding hydrogens is 1630 g/mol. The van der Waals surface area contributed by atoms with E-state index in [0.29, 0.717) is 82.3 Å². The van der Waals surface area contributed by atoms with Crippen LogP contribution in [0.15, 0.2) is 146 Å². The van der Waals surface area contributed by atoms with Gasteiger partial charge in [0.15, 0.2) is 0 Å². The van der Waals surface area contributed by atoms with Crippen LogP contribution in [0.5, 0.6) is 0 Å². The molecule has 5 aromatic carbocycles. The number of fused-ring (bicyclic) bond motifs is 1. The van der Waals surface area contributed by atoms with Crippen LogP contribution in [-0.2, 0) is 101 Å². The van der Waals surface area contributed by atoms with E-state index in [1.165, 1.54) is 6.92 Å². The summed E-state index contributed by atoms with van der Waals surface area (Å²) < 4.78 is 0. The number of carbonyl (C=O) groups excluding carboxylic acids is 12. The normalized spacial score (nSPS) is 22.5. The Morgan fingerprint density at radius 3 is 1.37 bits per heavy atom. The van der Waals surface area contributed by atoms with Crippen molar-refractivity contribution in [3.8, 4) is 0 Å². The number of hydrogen-bond acceptors (Lipinski definition) is 23. The lowest BCUT2D eigenvalue weighted by molar-refractivity contribution is -0.146. The molecule has 0 aliphatic carbocycles. The van der Waals surface area contributed by atoms with Crippen LogP contribution in [0.25, 0.3) is 10.9 Å². The Balaban J connectivity index is 1.34. The van der Waals surface area contributed by atoms with Gasteiger partial charge in [0.05, 0.1) is 24.9 Å². The Hall–Kier alpha value is -10.9. The smallest absolute Gasteiger partial charge is 0.326 e. The van der Waals surface area contributed by atoms with E-state index in [1.54, 1.807) is 128 Å². The molecule has 37 heteroatoms. The SMILES string of the molecule is CC(C)NCc1ccc(C[C@@H]2NC(=O)[C@@H](Cc3c[nH]c4ccccc34)NC(=O)[C@H](Cc3ccccc3)NC(=O)[C@H](Cc3ccccc3)NC(=O)[C@H](CCCCN)NC(=O)[C@@H](N)CSSC[C@@H](C(=O)N[C@@H](CCCCN)C(=O)N[C@@H](CCCCN)C(=O)O)NC(=O)[C@H](CO)N(C)C(=O)[C@H]([C@@H](C)O)NC(=O)[C@H](Cc3ccccc3)NC(=O)[C@@H]([C@@H](C)O)NC2=O)cc1. The highest BCUT2D eigenvalue weighted by Gasteiger charge is 2.41. The summed E-state index contributed by atoms with van der Waals surface area (Å²) in [6, 6.07) is 18.8. The molecule has 674 valence electrons. The monoisotopic (exact) mass is 1750 g/mol. The van der Waals surface area contributed by atoms with E-state index in [0.717, 1.165) is 41.1 Å². The van der Waals surface area contributed by atoms with Gasteiger partial charge in [0.1, 0.15) is 72.5 Å². The summed E-state index contributed by atoms with van der Waals surface area (Å²) in [4.78, 5) is 196.